The second-order valence-corrected chi connectivity index (χ2v) is 4.18. The van der Waals surface area contributed by atoms with Crippen LogP contribution in [0.25, 0.3) is 0 Å². The average Bonchev–Trinajstić information content (AvgIpc) is 2.81. The van der Waals surface area contributed by atoms with Gasteiger partial charge in [0.25, 0.3) is 5.91 Å². The topological polar surface area (TPSA) is 62.7 Å². The number of carbonyl (C=O) groups is 1. The van der Waals surface area contributed by atoms with E-state index < -0.39 is 0 Å². The van der Waals surface area contributed by atoms with Crippen LogP contribution in [0.1, 0.15) is 9.67 Å². The first-order valence-electron chi connectivity index (χ1n) is 4.71. The second kappa shape index (κ2) is 4.69. The van der Waals surface area contributed by atoms with Crippen LogP contribution < -0.4 is 0 Å². The van der Waals surface area contributed by atoms with Crippen LogP contribution in [-0.2, 0) is 4.74 Å². The molecule has 0 aromatic carbocycles. The maximum atomic E-state index is 11.9. The molecule has 1 atom stereocenters. The van der Waals surface area contributed by atoms with E-state index in [4.69, 9.17) is 9.84 Å². The first kappa shape index (κ1) is 10.5. The van der Waals surface area contributed by atoms with E-state index in [0.29, 0.717) is 24.6 Å². The Morgan fingerprint density at radius 3 is 3.33 bits per heavy atom. The average molecular weight is 228 g/mol. The molecular weight excluding hydrogens is 216 g/mol. The zero-order chi connectivity index (χ0) is 10.7. The lowest BCUT2D eigenvalue weighted by molar-refractivity contribution is -0.0446. The zero-order valence-corrected chi connectivity index (χ0v) is 8.94. The number of nitrogens with zero attached hydrogens (tertiary/aromatic N) is 2. The number of hydrogen-bond acceptors (Lipinski definition) is 5. The van der Waals surface area contributed by atoms with Gasteiger partial charge in [0, 0.05) is 13.1 Å². The summed E-state index contributed by atoms with van der Waals surface area (Å²) in [6, 6.07) is 0. The smallest absolute Gasteiger partial charge is 0.265 e. The minimum Gasteiger partial charge on any atom is -0.394 e. The van der Waals surface area contributed by atoms with Crippen LogP contribution in [-0.4, -0.2) is 53.3 Å². The lowest BCUT2D eigenvalue weighted by Crippen LogP contribution is -2.46. The third-order valence-electron chi connectivity index (χ3n) is 2.27. The van der Waals surface area contributed by atoms with Crippen LogP contribution in [0.3, 0.4) is 0 Å². The van der Waals surface area contributed by atoms with Gasteiger partial charge in [0.2, 0.25) is 0 Å². The summed E-state index contributed by atoms with van der Waals surface area (Å²) >= 11 is 1.33. The Kier molecular flexibility index (Phi) is 3.30. The molecule has 82 valence electrons. The molecular formula is C9H12N2O3S. The summed E-state index contributed by atoms with van der Waals surface area (Å²) < 4.78 is 5.27. The van der Waals surface area contributed by atoms with Crippen molar-refractivity contribution in [1.82, 2.24) is 9.88 Å². The fourth-order valence-electron chi connectivity index (χ4n) is 1.49. The lowest BCUT2D eigenvalue weighted by atomic mass is 10.2. The number of aliphatic hydroxyl groups is 1. The molecule has 0 radical (unpaired) electrons. The van der Waals surface area contributed by atoms with Gasteiger partial charge < -0.3 is 14.7 Å². The predicted octanol–water partition coefficient (Wildman–Crippen LogP) is -0.0236. The number of aliphatic hydroxyl groups excluding tert-OH is 1. The van der Waals surface area contributed by atoms with Gasteiger partial charge in [0.05, 0.1) is 31.0 Å². The van der Waals surface area contributed by atoms with E-state index in [0.717, 1.165) is 0 Å². The van der Waals surface area contributed by atoms with Crippen molar-refractivity contribution in [3.05, 3.63) is 16.6 Å². The summed E-state index contributed by atoms with van der Waals surface area (Å²) in [4.78, 5) is 18.1. The molecule has 1 saturated heterocycles. The Balaban J connectivity index is 2.01. The highest BCUT2D eigenvalue weighted by Gasteiger charge is 2.25. The Morgan fingerprint density at radius 1 is 1.80 bits per heavy atom. The Labute approximate surface area is 91.3 Å². The predicted molar refractivity (Wildman–Crippen MR) is 54.8 cm³/mol. The number of aromatic nitrogens is 1. The summed E-state index contributed by atoms with van der Waals surface area (Å²) in [5, 5.41) is 8.95. The molecule has 5 nitrogen and oxygen atoms in total. The van der Waals surface area contributed by atoms with Crippen molar-refractivity contribution < 1.29 is 14.6 Å². The number of hydrogen-bond donors (Lipinski definition) is 1. The normalized spacial score (nSPS) is 21.7. The molecule has 1 aliphatic heterocycles. The van der Waals surface area contributed by atoms with E-state index in [1.54, 1.807) is 16.6 Å². The summed E-state index contributed by atoms with van der Waals surface area (Å²) in [5.41, 5.74) is 1.64. The Hall–Kier alpha value is -0.980. The number of morpholine rings is 1. The molecule has 0 spiro atoms. The first-order valence-corrected chi connectivity index (χ1v) is 5.59. The first-order chi connectivity index (χ1) is 7.31. The van der Waals surface area contributed by atoms with Crippen LogP contribution in [0.2, 0.25) is 0 Å². The van der Waals surface area contributed by atoms with Crippen LogP contribution in [0, 0.1) is 0 Å². The molecule has 1 fully saturated rings. The molecule has 0 aliphatic carbocycles. The number of amides is 1. The second-order valence-electron chi connectivity index (χ2n) is 3.29. The molecule has 1 aliphatic rings. The van der Waals surface area contributed by atoms with Crippen molar-refractivity contribution in [3.63, 3.8) is 0 Å². The third-order valence-corrected chi connectivity index (χ3v) is 3.03. The van der Waals surface area contributed by atoms with E-state index in [9.17, 15) is 4.79 Å². The molecule has 1 aromatic rings. The van der Waals surface area contributed by atoms with E-state index in [1.807, 2.05) is 0 Å². The van der Waals surface area contributed by atoms with Gasteiger partial charge in [0.15, 0.2) is 0 Å². The van der Waals surface area contributed by atoms with Gasteiger partial charge in [-0.3, -0.25) is 9.78 Å². The van der Waals surface area contributed by atoms with E-state index in [1.165, 1.54) is 11.3 Å². The van der Waals surface area contributed by atoms with Crippen molar-refractivity contribution in [1.29, 1.82) is 0 Å². The van der Waals surface area contributed by atoms with E-state index in [2.05, 4.69) is 4.98 Å². The quantitative estimate of drug-likeness (QED) is 0.772. The molecule has 1 aromatic heterocycles. The van der Waals surface area contributed by atoms with E-state index >= 15 is 0 Å². The van der Waals surface area contributed by atoms with Crippen LogP contribution in [0.15, 0.2) is 11.7 Å². The van der Waals surface area contributed by atoms with Gasteiger partial charge >= 0.3 is 0 Å². The van der Waals surface area contributed by atoms with Crippen molar-refractivity contribution in [3.8, 4) is 0 Å². The van der Waals surface area contributed by atoms with Gasteiger partial charge in [-0.1, -0.05) is 0 Å². The van der Waals surface area contributed by atoms with Gasteiger partial charge in [0.1, 0.15) is 4.88 Å². The van der Waals surface area contributed by atoms with Crippen molar-refractivity contribution in [2.45, 2.75) is 6.10 Å². The van der Waals surface area contributed by atoms with Crippen molar-refractivity contribution in [2.24, 2.45) is 0 Å². The minimum atomic E-state index is -0.254. The van der Waals surface area contributed by atoms with Crippen LogP contribution in [0.4, 0.5) is 0 Å². The lowest BCUT2D eigenvalue weighted by Gasteiger charge is -2.31. The SMILES string of the molecule is O=C(c1cncs1)N1CCOC(CO)C1. The monoisotopic (exact) mass is 228 g/mol. The Morgan fingerprint density at radius 2 is 2.67 bits per heavy atom. The standard InChI is InChI=1S/C9H12N2O3S/c12-5-7-4-11(1-2-14-7)9(13)8-3-10-6-15-8/h3,6-7,12H,1-2,4-5H2. The highest BCUT2D eigenvalue weighted by atomic mass is 32.1. The largest absolute Gasteiger partial charge is 0.394 e. The summed E-state index contributed by atoms with van der Waals surface area (Å²) in [6.07, 6.45) is 1.31. The fraction of sp³-hybridized carbons (Fsp3) is 0.556. The molecule has 2 rings (SSSR count). The number of ether oxygens (including phenoxy) is 1. The maximum absolute atomic E-state index is 11.9. The van der Waals surface area contributed by atoms with Crippen LogP contribution >= 0.6 is 11.3 Å². The minimum absolute atomic E-state index is 0.0285. The highest BCUT2D eigenvalue weighted by Crippen LogP contribution is 2.13. The van der Waals surface area contributed by atoms with Gasteiger partial charge in [-0.15, -0.1) is 11.3 Å². The summed E-state index contributed by atoms with van der Waals surface area (Å²) in [7, 11) is 0. The van der Waals surface area contributed by atoms with E-state index in [-0.39, 0.29) is 18.6 Å². The summed E-state index contributed by atoms with van der Waals surface area (Å²) in [5.74, 6) is -0.0285. The molecule has 0 saturated carbocycles. The number of rotatable bonds is 2. The number of carbonyl (C=O) groups excluding carboxylic acids is 1. The molecule has 15 heavy (non-hydrogen) atoms. The Bertz CT molecular complexity index is 328. The van der Waals surface area contributed by atoms with Crippen molar-refractivity contribution in [2.75, 3.05) is 26.3 Å². The maximum Gasteiger partial charge on any atom is 0.265 e. The molecule has 1 amide bonds. The third kappa shape index (κ3) is 2.34. The fourth-order valence-corrected chi connectivity index (χ4v) is 2.08. The van der Waals surface area contributed by atoms with Crippen LogP contribution in [0.5, 0.6) is 0 Å². The van der Waals surface area contributed by atoms with Gasteiger partial charge in [-0.2, -0.15) is 0 Å². The molecule has 2 heterocycles. The molecule has 1 N–H and O–H groups in total. The van der Waals surface area contributed by atoms with Gasteiger partial charge in [-0.25, -0.2) is 0 Å². The van der Waals surface area contributed by atoms with Crippen molar-refractivity contribution >= 4 is 17.2 Å². The molecule has 1 unspecified atom stereocenters. The molecule has 6 heteroatoms. The zero-order valence-electron chi connectivity index (χ0n) is 8.13. The highest BCUT2D eigenvalue weighted by molar-refractivity contribution is 7.11. The molecule has 0 bridgehead atoms. The number of thiazole rings is 1. The summed E-state index contributed by atoms with van der Waals surface area (Å²) in [6.45, 7) is 1.46. The van der Waals surface area contributed by atoms with Gasteiger partial charge in [-0.05, 0) is 0 Å².